The minimum absolute atomic E-state index is 0.00841. The van der Waals surface area contributed by atoms with Crippen molar-refractivity contribution in [3.63, 3.8) is 0 Å². The first-order valence-corrected chi connectivity index (χ1v) is 13.6. The Morgan fingerprint density at radius 1 is 0.886 bits per heavy atom. The van der Waals surface area contributed by atoms with Gasteiger partial charge < -0.3 is 14.5 Å². The van der Waals surface area contributed by atoms with Gasteiger partial charge in [0.1, 0.15) is 5.75 Å². The maximum absolute atomic E-state index is 13.1. The molecule has 0 saturated carbocycles. The van der Waals surface area contributed by atoms with Crippen LogP contribution in [0.5, 0.6) is 5.75 Å². The Morgan fingerprint density at radius 3 is 2.14 bits per heavy atom. The molecule has 1 amide bonds. The first-order valence-electron chi connectivity index (χ1n) is 11.7. The van der Waals surface area contributed by atoms with E-state index in [9.17, 15) is 13.2 Å². The average molecular weight is 494 g/mol. The minimum atomic E-state index is -3.56. The number of hydrogen-bond acceptors (Lipinski definition) is 5. The summed E-state index contributed by atoms with van der Waals surface area (Å²) in [5.41, 5.74) is 3.05. The van der Waals surface area contributed by atoms with E-state index in [0.29, 0.717) is 36.7 Å². The smallest absolute Gasteiger partial charge is 0.253 e. The molecule has 3 aromatic carbocycles. The van der Waals surface area contributed by atoms with Crippen LogP contribution in [-0.2, 0) is 16.6 Å². The number of nitrogens with zero attached hydrogens (tertiary/aromatic N) is 3. The van der Waals surface area contributed by atoms with Gasteiger partial charge in [-0.3, -0.25) is 9.10 Å². The van der Waals surface area contributed by atoms with Gasteiger partial charge in [-0.25, -0.2) is 8.42 Å². The zero-order valence-corrected chi connectivity index (χ0v) is 20.9. The molecule has 184 valence electrons. The lowest BCUT2D eigenvalue weighted by molar-refractivity contribution is 0.0746. The van der Waals surface area contributed by atoms with Crippen molar-refractivity contribution in [2.24, 2.45) is 0 Å². The molecule has 1 aliphatic heterocycles. The van der Waals surface area contributed by atoms with Crippen LogP contribution in [0.1, 0.15) is 22.8 Å². The molecule has 3 aromatic rings. The number of sulfonamides is 1. The van der Waals surface area contributed by atoms with Crippen molar-refractivity contribution in [3.05, 3.63) is 90.0 Å². The number of para-hydroxylation sites is 3. The van der Waals surface area contributed by atoms with Gasteiger partial charge in [0.05, 0.1) is 25.1 Å². The number of anilines is 2. The predicted molar refractivity (Wildman–Crippen MR) is 140 cm³/mol. The van der Waals surface area contributed by atoms with Crippen LogP contribution in [0, 0.1) is 0 Å². The van der Waals surface area contributed by atoms with Crippen LogP contribution in [0.15, 0.2) is 78.9 Å². The molecule has 0 N–H and O–H groups in total. The Labute approximate surface area is 207 Å². The van der Waals surface area contributed by atoms with E-state index >= 15 is 0 Å². The van der Waals surface area contributed by atoms with Crippen LogP contribution in [-0.4, -0.2) is 58.3 Å². The number of hydrogen-bond donors (Lipinski definition) is 0. The summed E-state index contributed by atoms with van der Waals surface area (Å²) in [6.07, 6.45) is 1.18. The summed E-state index contributed by atoms with van der Waals surface area (Å²) >= 11 is 0. The zero-order valence-electron chi connectivity index (χ0n) is 20.1. The molecule has 0 aromatic heterocycles. The molecule has 0 bridgehead atoms. The predicted octanol–water partition coefficient (Wildman–Crippen LogP) is 4.01. The Bertz CT molecular complexity index is 1240. The Kier molecular flexibility index (Phi) is 7.60. The van der Waals surface area contributed by atoms with Crippen LogP contribution < -0.4 is 13.9 Å². The van der Waals surface area contributed by atoms with Crippen molar-refractivity contribution in [1.29, 1.82) is 0 Å². The minimum Gasteiger partial charge on any atom is -0.492 e. The van der Waals surface area contributed by atoms with Gasteiger partial charge in [-0.1, -0.05) is 42.5 Å². The van der Waals surface area contributed by atoms with E-state index in [0.717, 1.165) is 18.7 Å². The summed E-state index contributed by atoms with van der Waals surface area (Å²) in [6.45, 7) is 5.33. The summed E-state index contributed by atoms with van der Waals surface area (Å²) < 4.78 is 32.2. The quantitative estimate of drug-likeness (QED) is 0.474. The van der Waals surface area contributed by atoms with E-state index in [1.54, 1.807) is 30.3 Å². The van der Waals surface area contributed by atoms with Crippen LogP contribution in [0.3, 0.4) is 0 Å². The number of amides is 1. The SMILES string of the molecule is CCOc1ccccc1N(Cc1ccc(C(=O)N2CCN(c3ccccc3)CC2)cc1)S(C)(=O)=O. The normalized spacial score (nSPS) is 14.0. The molecule has 0 spiro atoms. The van der Waals surface area contributed by atoms with Crippen molar-refractivity contribution in [2.75, 3.05) is 48.2 Å². The first kappa shape index (κ1) is 24.6. The van der Waals surface area contributed by atoms with E-state index in [4.69, 9.17) is 4.74 Å². The Morgan fingerprint density at radius 2 is 1.51 bits per heavy atom. The number of carbonyl (C=O) groups is 1. The molecular formula is C27H31N3O4S. The van der Waals surface area contributed by atoms with Gasteiger partial charge in [0.15, 0.2) is 0 Å². The molecule has 1 fully saturated rings. The van der Waals surface area contributed by atoms with E-state index in [2.05, 4.69) is 17.0 Å². The summed E-state index contributed by atoms with van der Waals surface area (Å²) in [6, 6.07) is 24.5. The van der Waals surface area contributed by atoms with E-state index in [1.165, 1.54) is 16.2 Å². The number of rotatable bonds is 8. The van der Waals surface area contributed by atoms with Gasteiger partial charge >= 0.3 is 0 Å². The Hall–Kier alpha value is -3.52. The first-order chi connectivity index (χ1) is 16.9. The highest BCUT2D eigenvalue weighted by molar-refractivity contribution is 7.92. The fourth-order valence-corrected chi connectivity index (χ4v) is 5.12. The number of carbonyl (C=O) groups excluding carboxylic acids is 1. The van der Waals surface area contributed by atoms with Crippen molar-refractivity contribution in [1.82, 2.24) is 4.90 Å². The van der Waals surface area contributed by atoms with E-state index in [-0.39, 0.29) is 12.5 Å². The highest BCUT2D eigenvalue weighted by Gasteiger charge is 2.24. The van der Waals surface area contributed by atoms with Gasteiger partial charge in [-0.15, -0.1) is 0 Å². The second kappa shape index (κ2) is 10.8. The fraction of sp³-hybridized carbons (Fsp3) is 0.296. The third kappa shape index (κ3) is 5.95. The van der Waals surface area contributed by atoms with Gasteiger partial charge in [-0.05, 0) is 48.9 Å². The van der Waals surface area contributed by atoms with E-state index < -0.39 is 10.0 Å². The van der Waals surface area contributed by atoms with Crippen molar-refractivity contribution < 1.29 is 17.9 Å². The molecule has 4 rings (SSSR count). The molecule has 0 radical (unpaired) electrons. The topological polar surface area (TPSA) is 70.2 Å². The molecule has 1 aliphatic rings. The average Bonchev–Trinajstić information content (AvgIpc) is 2.88. The number of ether oxygens (including phenoxy) is 1. The molecule has 0 aliphatic carbocycles. The van der Waals surface area contributed by atoms with Gasteiger partial charge in [-0.2, -0.15) is 0 Å². The molecule has 1 saturated heterocycles. The highest BCUT2D eigenvalue weighted by atomic mass is 32.2. The maximum atomic E-state index is 13.1. The van der Waals surface area contributed by atoms with Crippen LogP contribution in [0.25, 0.3) is 0 Å². The second-order valence-corrected chi connectivity index (χ2v) is 10.4. The van der Waals surface area contributed by atoms with Crippen molar-refractivity contribution in [2.45, 2.75) is 13.5 Å². The van der Waals surface area contributed by atoms with Crippen LogP contribution in [0.2, 0.25) is 0 Å². The van der Waals surface area contributed by atoms with Crippen molar-refractivity contribution in [3.8, 4) is 5.75 Å². The third-order valence-electron chi connectivity index (χ3n) is 6.05. The lowest BCUT2D eigenvalue weighted by atomic mass is 10.1. The summed E-state index contributed by atoms with van der Waals surface area (Å²) in [4.78, 5) is 17.2. The molecule has 8 heteroatoms. The van der Waals surface area contributed by atoms with Crippen LogP contribution in [0.4, 0.5) is 11.4 Å². The lowest BCUT2D eigenvalue weighted by Gasteiger charge is -2.36. The largest absolute Gasteiger partial charge is 0.492 e. The lowest BCUT2D eigenvalue weighted by Crippen LogP contribution is -2.48. The second-order valence-electron chi connectivity index (χ2n) is 8.48. The monoisotopic (exact) mass is 493 g/mol. The summed E-state index contributed by atoms with van der Waals surface area (Å²) in [7, 11) is -3.56. The molecule has 35 heavy (non-hydrogen) atoms. The molecular weight excluding hydrogens is 462 g/mol. The third-order valence-corrected chi connectivity index (χ3v) is 7.18. The molecule has 1 heterocycles. The maximum Gasteiger partial charge on any atom is 0.253 e. The van der Waals surface area contributed by atoms with Crippen LogP contribution >= 0.6 is 0 Å². The van der Waals surface area contributed by atoms with Crippen molar-refractivity contribution >= 4 is 27.3 Å². The fourth-order valence-electron chi connectivity index (χ4n) is 4.23. The molecule has 0 unspecified atom stereocenters. The van der Waals surface area contributed by atoms with Gasteiger partial charge in [0.2, 0.25) is 10.0 Å². The number of piperazine rings is 1. The van der Waals surface area contributed by atoms with E-state index in [1.807, 2.05) is 48.2 Å². The van der Waals surface area contributed by atoms with Gasteiger partial charge in [0.25, 0.3) is 5.91 Å². The molecule has 0 atom stereocenters. The zero-order chi connectivity index (χ0) is 24.8. The Balaban J connectivity index is 1.44. The standard InChI is InChI=1S/C27H31N3O4S/c1-3-34-26-12-8-7-11-25(26)30(35(2,32)33)21-22-13-15-23(16-14-22)27(31)29-19-17-28(18-20-29)24-9-5-4-6-10-24/h4-16H,3,17-21H2,1-2H3. The highest BCUT2D eigenvalue weighted by Crippen LogP contribution is 2.31. The summed E-state index contributed by atoms with van der Waals surface area (Å²) in [5, 5.41) is 0. The molecule has 7 nitrogen and oxygen atoms in total. The van der Waals surface area contributed by atoms with Gasteiger partial charge in [0, 0.05) is 37.4 Å². The summed E-state index contributed by atoms with van der Waals surface area (Å²) in [5.74, 6) is 0.507. The number of benzene rings is 3.